The second-order valence-corrected chi connectivity index (χ2v) is 6.17. The molecule has 7 nitrogen and oxygen atoms in total. The average molecular weight is 341 g/mol. The summed E-state index contributed by atoms with van der Waals surface area (Å²) in [5.74, 6) is -0.536. The summed E-state index contributed by atoms with van der Waals surface area (Å²) in [6, 6.07) is 9.50. The Bertz CT molecular complexity index is 759. The molecule has 25 heavy (non-hydrogen) atoms. The first kappa shape index (κ1) is 17.3. The molecule has 1 fully saturated rings. The van der Waals surface area contributed by atoms with Gasteiger partial charge in [-0.15, -0.1) is 0 Å². The molecule has 0 spiro atoms. The predicted octanol–water partition coefficient (Wildman–Crippen LogP) is 1.18. The molecule has 0 bridgehead atoms. The SMILES string of the molecule is CCCC1NNCC1C(=O)NCC(=O)Nc1cccc2cccnc12. The first-order chi connectivity index (χ1) is 12.2. The minimum Gasteiger partial charge on any atom is -0.347 e. The number of hydrazine groups is 1. The number of anilines is 1. The summed E-state index contributed by atoms with van der Waals surface area (Å²) >= 11 is 0. The molecule has 1 aliphatic heterocycles. The van der Waals surface area contributed by atoms with Crippen molar-refractivity contribution in [1.82, 2.24) is 21.2 Å². The Labute approximate surface area is 146 Å². The zero-order valence-corrected chi connectivity index (χ0v) is 14.2. The van der Waals surface area contributed by atoms with Crippen molar-refractivity contribution in [3.05, 3.63) is 36.5 Å². The lowest BCUT2D eigenvalue weighted by Gasteiger charge is -2.17. The number of carbonyl (C=O) groups is 2. The highest BCUT2D eigenvalue weighted by molar-refractivity contribution is 6.01. The van der Waals surface area contributed by atoms with Crippen LogP contribution in [0.15, 0.2) is 36.5 Å². The third-order valence-electron chi connectivity index (χ3n) is 4.36. The van der Waals surface area contributed by atoms with Crippen LogP contribution in [0, 0.1) is 5.92 Å². The number of rotatable bonds is 6. The lowest BCUT2D eigenvalue weighted by molar-refractivity contribution is -0.127. The summed E-state index contributed by atoms with van der Waals surface area (Å²) in [6.45, 7) is 2.60. The number of fused-ring (bicyclic) bond motifs is 1. The highest BCUT2D eigenvalue weighted by atomic mass is 16.2. The van der Waals surface area contributed by atoms with Gasteiger partial charge in [0.2, 0.25) is 11.8 Å². The molecule has 0 aliphatic carbocycles. The van der Waals surface area contributed by atoms with E-state index in [4.69, 9.17) is 0 Å². The van der Waals surface area contributed by atoms with Crippen LogP contribution in [0.1, 0.15) is 19.8 Å². The number of aromatic nitrogens is 1. The first-order valence-electron chi connectivity index (χ1n) is 8.58. The van der Waals surface area contributed by atoms with Crippen LogP contribution in [0.3, 0.4) is 0 Å². The van der Waals surface area contributed by atoms with Crippen molar-refractivity contribution in [2.24, 2.45) is 5.92 Å². The number of benzene rings is 1. The zero-order chi connectivity index (χ0) is 17.6. The second kappa shape index (κ2) is 8.04. The van der Waals surface area contributed by atoms with Crippen molar-refractivity contribution in [3.63, 3.8) is 0 Å². The van der Waals surface area contributed by atoms with E-state index < -0.39 is 0 Å². The highest BCUT2D eigenvalue weighted by Gasteiger charge is 2.32. The Balaban J connectivity index is 1.56. The summed E-state index contributed by atoms with van der Waals surface area (Å²) in [5.41, 5.74) is 7.51. The van der Waals surface area contributed by atoms with E-state index in [-0.39, 0.29) is 30.3 Å². The van der Waals surface area contributed by atoms with E-state index in [1.807, 2.05) is 24.3 Å². The maximum atomic E-state index is 12.3. The van der Waals surface area contributed by atoms with Gasteiger partial charge in [0, 0.05) is 24.2 Å². The van der Waals surface area contributed by atoms with Gasteiger partial charge in [-0.1, -0.05) is 31.5 Å². The minimum absolute atomic E-state index is 0.0581. The van der Waals surface area contributed by atoms with Crippen molar-refractivity contribution < 1.29 is 9.59 Å². The summed E-state index contributed by atoms with van der Waals surface area (Å²) in [5, 5.41) is 6.50. The molecule has 0 saturated carbocycles. The minimum atomic E-state index is -0.266. The Morgan fingerprint density at radius 1 is 1.28 bits per heavy atom. The van der Waals surface area contributed by atoms with Crippen molar-refractivity contribution >= 4 is 28.4 Å². The van der Waals surface area contributed by atoms with Gasteiger partial charge in [-0.25, -0.2) is 0 Å². The molecule has 0 radical (unpaired) electrons. The molecule has 2 heterocycles. The maximum Gasteiger partial charge on any atom is 0.243 e. The maximum absolute atomic E-state index is 12.3. The fourth-order valence-corrected chi connectivity index (χ4v) is 3.10. The third-order valence-corrected chi connectivity index (χ3v) is 4.36. The topological polar surface area (TPSA) is 95.1 Å². The summed E-state index contributed by atoms with van der Waals surface area (Å²) < 4.78 is 0. The predicted molar refractivity (Wildman–Crippen MR) is 96.7 cm³/mol. The van der Waals surface area contributed by atoms with Gasteiger partial charge in [-0.2, -0.15) is 0 Å². The number of nitrogens with one attached hydrogen (secondary N) is 4. The molecule has 7 heteroatoms. The van der Waals surface area contributed by atoms with Crippen LogP contribution in [-0.2, 0) is 9.59 Å². The molecule has 2 amide bonds. The van der Waals surface area contributed by atoms with Gasteiger partial charge in [0.25, 0.3) is 0 Å². The van der Waals surface area contributed by atoms with Gasteiger partial charge in [0.1, 0.15) is 0 Å². The number of hydrogen-bond acceptors (Lipinski definition) is 5. The molecule has 4 N–H and O–H groups in total. The van der Waals surface area contributed by atoms with Crippen LogP contribution >= 0.6 is 0 Å². The van der Waals surface area contributed by atoms with Gasteiger partial charge >= 0.3 is 0 Å². The summed E-state index contributed by atoms with van der Waals surface area (Å²) in [7, 11) is 0. The fraction of sp³-hybridized carbons (Fsp3) is 0.389. The highest BCUT2D eigenvalue weighted by Crippen LogP contribution is 2.20. The monoisotopic (exact) mass is 341 g/mol. The number of pyridine rings is 1. The number of carbonyl (C=O) groups excluding carboxylic acids is 2. The van der Waals surface area contributed by atoms with Crippen molar-refractivity contribution in [2.45, 2.75) is 25.8 Å². The van der Waals surface area contributed by atoms with Gasteiger partial charge < -0.3 is 10.6 Å². The molecule has 1 aromatic heterocycles. The van der Waals surface area contributed by atoms with Crippen LogP contribution in [0.5, 0.6) is 0 Å². The number of nitrogens with zero attached hydrogens (tertiary/aromatic N) is 1. The summed E-state index contributed by atoms with van der Waals surface area (Å²) in [6.07, 6.45) is 3.60. The Morgan fingerprint density at radius 2 is 2.12 bits per heavy atom. The third kappa shape index (κ3) is 4.12. The largest absolute Gasteiger partial charge is 0.347 e. The Kier molecular flexibility index (Phi) is 5.57. The molecule has 2 atom stereocenters. The summed E-state index contributed by atoms with van der Waals surface area (Å²) in [4.78, 5) is 28.8. The lowest BCUT2D eigenvalue weighted by Crippen LogP contribution is -2.42. The van der Waals surface area contributed by atoms with Crippen LogP contribution in [0.4, 0.5) is 5.69 Å². The van der Waals surface area contributed by atoms with Crippen LogP contribution in [-0.4, -0.2) is 35.9 Å². The first-order valence-corrected chi connectivity index (χ1v) is 8.58. The quantitative estimate of drug-likeness (QED) is 0.633. The van der Waals surface area contributed by atoms with Crippen LogP contribution in [0.2, 0.25) is 0 Å². The molecule has 2 unspecified atom stereocenters. The van der Waals surface area contributed by atoms with Crippen LogP contribution in [0.25, 0.3) is 10.9 Å². The van der Waals surface area contributed by atoms with Gasteiger partial charge in [0.05, 0.1) is 23.7 Å². The fourth-order valence-electron chi connectivity index (χ4n) is 3.10. The normalized spacial score (nSPS) is 19.7. The van der Waals surface area contributed by atoms with Crippen molar-refractivity contribution in [1.29, 1.82) is 0 Å². The van der Waals surface area contributed by atoms with Crippen molar-refractivity contribution in [2.75, 3.05) is 18.4 Å². The molecule has 1 saturated heterocycles. The average Bonchev–Trinajstić information content (AvgIpc) is 3.09. The zero-order valence-electron chi connectivity index (χ0n) is 14.2. The lowest BCUT2D eigenvalue weighted by atomic mass is 9.97. The Morgan fingerprint density at radius 3 is 2.96 bits per heavy atom. The number of hydrogen-bond donors (Lipinski definition) is 4. The molecular formula is C18H23N5O2. The van der Waals surface area contributed by atoms with E-state index in [9.17, 15) is 9.59 Å². The van der Waals surface area contributed by atoms with Gasteiger partial charge in [-0.05, 0) is 18.6 Å². The second-order valence-electron chi connectivity index (χ2n) is 6.17. The molecule has 1 aromatic carbocycles. The van der Waals surface area contributed by atoms with E-state index in [1.165, 1.54) is 0 Å². The molecule has 3 rings (SSSR count). The molecule has 2 aromatic rings. The standard InChI is InChI=1S/C18H23N5O2/c1-2-5-14-13(10-21-23-14)18(25)20-11-16(24)22-15-8-3-6-12-7-4-9-19-17(12)15/h3-4,6-9,13-14,21,23H,2,5,10-11H2,1H3,(H,20,25)(H,22,24). The van der Waals surface area contributed by atoms with E-state index in [1.54, 1.807) is 12.3 Å². The van der Waals surface area contributed by atoms with E-state index in [2.05, 4.69) is 33.4 Å². The van der Waals surface area contributed by atoms with Crippen molar-refractivity contribution in [3.8, 4) is 0 Å². The van der Waals surface area contributed by atoms with Crippen LogP contribution < -0.4 is 21.5 Å². The van der Waals surface area contributed by atoms with E-state index in [0.717, 1.165) is 23.7 Å². The van der Waals surface area contributed by atoms with Gasteiger partial charge in [-0.3, -0.25) is 25.4 Å². The van der Waals surface area contributed by atoms with E-state index >= 15 is 0 Å². The molecule has 1 aliphatic rings. The smallest absolute Gasteiger partial charge is 0.243 e. The number of para-hydroxylation sites is 1. The van der Waals surface area contributed by atoms with E-state index in [0.29, 0.717) is 12.2 Å². The Hall–Kier alpha value is -2.51. The molecule has 132 valence electrons. The molecular weight excluding hydrogens is 318 g/mol. The van der Waals surface area contributed by atoms with Gasteiger partial charge in [0.15, 0.2) is 0 Å². The number of amides is 2.